The monoisotopic (exact) mass is 694 g/mol. The second-order valence-electron chi connectivity index (χ2n) is 15.2. The van der Waals surface area contributed by atoms with Gasteiger partial charge in [-0.1, -0.05) is 188 Å². The van der Waals surface area contributed by atoms with Crippen LogP contribution in [0.25, 0.3) is 87.2 Å². The van der Waals surface area contributed by atoms with E-state index in [1.807, 2.05) is 0 Å². The van der Waals surface area contributed by atoms with Crippen LogP contribution in [-0.2, 0) is 5.41 Å². The van der Waals surface area contributed by atoms with Crippen molar-refractivity contribution in [2.75, 3.05) is 0 Å². The van der Waals surface area contributed by atoms with Gasteiger partial charge in [0.1, 0.15) is 0 Å². The van der Waals surface area contributed by atoms with Gasteiger partial charge in [0.05, 0.1) is 5.41 Å². The Morgan fingerprint density at radius 2 is 0.764 bits per heavy atom. The summed E-state index contributed by atoms with van der Waals surface area (Å²) in [6, 6.07) is 77.3. The number of rotatable bonds is 4. The predicted octanol–water partition coefficient (Wildman–Crippen LogP) is 14.6. The van der Waals surface area contributed by atoms with Crippen molar-refractivity contribution in [1.29, 1.82) is 0 Å². The van der Waals surface area contributed by atoms with Crippen LogP contribution in [0, 0.1) is 0 Å². The van der Waals surface area contributed by atoms with Crippen LogP contribution in [-0.4, -0.2) is 0 Å². The Balaban J connectivity index is 1.14. The summed E-state index contributed by atoms with van der Waals surface area (Å²) >= 11 is 0. The Morgan fingerprint density at radius 3 is 1.47 bits per heavy atom. The van der Waals surface area contributed by atoms with Gasteiger partial charge in [-0.3, -0.25) is 0 Å². The Kier molecular flexibility index (Phi) is 6.36. The molecule has 11 aromatic carbocycles. The summed E-state index contributed by atoms with van der Waals surface area (Å²) in [5, 5.41) is 12.9. The van der Waals surface area contributed by atoms with Gasteiger partial charge >= 0.3 is 0 Å². The fraction of sp³-hybridized carbons (Fsp3) is 0.0182. The number of fused-ring (bicyclic) bond motifs is 5. The highest BCUT2D eigenvalue weighted by Crippen LogP contribution is 2.58. The fourth-order valence-corrected chi connectivity index (χ4v) is 10.1. The molecule has 1 aliphatic rings. The SMILES string of the molecule is c1ccc(C2(c3ccccc3)c3cc(-c4ccc5ccc6c(-c7cccc8ccccc78)ccc7ccc4c5c76)ccc3-c3cc4ccccc4cc32)cc1. The average molecular weight is 695 g/mol. The van der Waals surface area contributed by atoms with E-state index >= 15 is 0 Å². The van der Waals surface area contributed by atoms with Crippen LogP contribution in [0.5, 0.6) is 0 Å². The van der Waals surface area contributed by atoms with Crippen molar-refractivity contribution in [1.82, 2.24) is 0 Å². The Hall–Kier alpha value is -7.02. The first-order valence-corrected chi connectivity index (χ1v) is 19.3. The molecule has 11 aromatic rings. The van der Waals surface area contributed by atoms with Gasteiger partial charge in [-0.05, 0) is 128 Å². The number of hydrogen-bond acceptors (Lipinski definition) is 0. The van der Waals surface area contributed by atoms with Gasteiger partial charge in [0.15, 0.2) is 0 Å². The minimum Gasteiger partial charge on any atom is -0.0622 e. The third kappa shape index (κ3) is 4.23. The van der Waals surface area contributed by atoms with E-state index in [-0.39, 0.29) is 0 Å². The van der Waals surface area contributed by atoms with Crippen molar-refractivity contribution in [2.45, 2.75) is 5.41 Å². The molecule has 0 unspecified atom stereocenters. The maximum atomic E-state index is 2.51. The zero-order chi connectivity index (χ0) is 36.1. The second-order valence-corrected chi connectivity index (χ2v) is 15.2. The third-order valence-electron chi connectivity index (χ3n) is 12.5. The van der Waals surface area contributed by atoms with E-state index in [4.69, 9.17) is 0 Å². The van der Waals surface area contributed by atoms with E-state index in [0.29, 0.717) is 0 Å². The summed E-state index contributed by atoms with van der Waals surface area (Å²) in [5.74, 6) is 0. The maximum absolute atomic E-state index is 2.51. The highest BCUT2D eigenvalue weighted by Gasteiger charge is 2.46. The maximum Gasteiger partial charge on any atom is 0.0714 e. The van der Waals surface area contributed by atoms with Crippen LogP contribution in [0.3, 0.4) is 0 Å². The molecular weight excluding hydrogens is 661 g/mol. The average Bonchev–Trinajstić information content (AvgIpc) is 3.54. The molecule has 12 rings (SSSR count). The normalized spacial score (nSPS) is 13.2. The van der Waals surface area contributed by atoms with Crippen LogP contribution in [0.4, 0.5) is 0 Å². The number of benzene rings is 11. The summed E-state index contributed by atoms with van der Waals surface area (Å²) in [4.78, 5) is 0. The van der Waals surface area contributed by atoms with Crippen LogP contribution < -0.4 is 0 Å². The molecule has 0 aliphatic heterocycles. The molecule has 0 N–H and O–H groups in total. The third-order valence-corrected chi connectivity index (χ3v) is 12.5. The lowest BCUT2D eigenvalue weighted by Gasteiger charge is -2.34. The van der Waals surface area contributed by atoms with Gasteiger partial charge in [-0.15, -0.1) is 0 Å². The summed E-state index contributed by atoms with van der Waals surface area (Å²) in [6.07, 6.45) is 0. The van der Waals surface area contributed by atoms with E-state index in [2.05, 4.69) is 206 Å². The van der Waals surface area contributed by atoms with Gasteiger partial charge in [-0.2, -0.15) is 0 Å². The summed E-state index contributed by atoms with van der Waals surface area (Å²) in [7, 11) is 0. The summed E-state index contributed by atoms with van der Waals surface area (Å²) < 4.78 is 0. The highest BCUT2D eigenvalue weighted by molar-refractivity contribution is 6.28. The van der Waals surface area contributed by atoms with E-state index < -0.39 is 5.41 Å². The van der Waals surface area contributed by atoms with Crippen molar-refractivity contribution in [2.24, 2.45) is 0 Å². The molecule has 0 fully saturated rings. The van der Waals surface area contributed by atoms with Gasteiger partial charge < -0.3 is 0 Å². The first kappa shape index (κ1) is 30.4. The minimum absolute atomic E-state index is 0.482. The Bertz CT molecular complexity index is 3250. The lowest BCUT2D eigenvalue weighted by Crippen LogP contribution is -2.28. The molecule has 0 saturated heterocycles. The number of hydrogen-bond donors (Lipinski definition) is 0. The van der Waals surface area contributed by atoms with Crippen molar-refractivity contribution in [3.8, 4) is 33.4 Å². The van der Waals surface area contributed by atoms with E-state index in [1.165, 1.54) is 109 Å². The first-order chi connectivity index (χ1) is 27.3. The molecule has 1 aliphatic carbocycles. The highest BCUT2D eigenvalue weighted by atomic mass is 14.5. The van der Waals surface area contributed by atoms with Crippen LogP contribution >= 0.6 is 0 Å². The zero-order valence-electron chi connectivity index (χ0n) is 30.1. The zero-order valence-corrected chi connectivity index (χ0v) is 30.1. The molecule has 55 heavy (non-hydrogen) atoms. The summed E-state index contributed by atoms with van der Waals surface area (Å²) in [6.45, 7) is 0. The Morgan fingerprint density at radius 1 is 0.255 bits per heavy atom. The summed E-state index contributed by atoms with van der Waals surface area (Å²) in [5.41, 5.74) is 12.4. The lowest BCUT2D eigenvalue weighted by molar-refractivity contribution is 0.770. The first-order valence-electron chi connectivity index (χ1n) is 19.3. The van der Waals surface area contributed by atoms with E-state index in [1.54, 1.807) is 0 Å². The Labute approximate surface area is 319 Å². The molecule has 0 radical (unpaired) electrons. The van der Waals surface area contributed by atoms with Gasteiger partial charge in [-0.25, -0.2) is 0 Å². The molecule has 0 saturated carbocycles. The molecule has 0 nitrogen and oxygen atoms in total. The predicted molar refractivity (Wildman–Crippen MR) is 233 cm³/mol. The van der Waals surface area contributed by atoms with Crippen LogP contribution in [0.1, 0.15) is 22.3 Å². The smallest absolute Gasteiger partial charge is 0.0622 e. The molecule has 0 spiro atoms. The molecular formula is C55H34. The van der Waals surface area contributed by atoms with Crippen LogP contribution in [0.15, 0.2) is 206 Å². The van der Waals surface area contributed by atoms with E-state index in [0.717, 1.165) is 0 Å². The van der Waals surface area contributed by atoms with Crippen molar-refractivity contribution >= 4 is 53.9 Å². The van der Waals surface area contributed by atoms with Crippen molar-refractivity contribution < 1.29 is 0 Å². The van der Waals surface area contributed by atoms with Crippen molar-refractivity contribution in [3.05, 3.63) is 229 Å². The van der Waals surface area contributed by atoms with E-state index in [9.17, 15) is 0 Å². The molecule has 0 aromatic heterocycles. The fourth-order valence-electron chi connectivity index (χ4n) is 10.1. The molecule has 0 amide bonds. The molecule has 0 heterocycles. The molecule has 0 heteroatoms. The van der Waals surface area contributed by atoms with Gasteiger partial charge in [0.2, 0.25) is 0 Å². The quantitative estimate of drug-likeness (QED) is 0.161. The lowest BCUT2D eigenvalue weighted by atomic mass is 9.67. The molecule has 0 atom stereocenters. The molecule has 0 bridgehead atoms. The van der Waals surface area contributed by atoms with Crippen molar-refractivity contribution in [3.63, 3.8) is 0 Å². The van der Waals surface area contributed by atoms with Gasteiger partial charge in [0.25, 0.3) is 0 Å². The standard InChI is InChI=1S/C55H34/c1-3-16-41(17-4-1)55(42-18-5-2-6-19-42)51-34-40(26-29-47(51)50-32-38-13-7-8-14-39(38)33-52(50)55)44-27-22-36-25-31-49-46(28-23-37-24-30-48(44)53(36)54(37)49)45-21-11-15-35-12-9-10-20-43(35)45/h1-34H. The largest absolute Gasteiger partial charge is 0.0714 e. The van der Waals surface area contributed by atoms with Crippen LogP contribution in [0.2, 0.25) is 0 Å². The minimum atomic E-state index is -0.482. The topological polar surface area (TPSA) is 0 Å². The van der Waals surface area contributed by atoms with Gasteiger partial charge in [0, 0.05) is 0 Å². The molecule has 254 valence electrons. The second kappa shape index (κ2) is 11.5.